The van der Waals surface area contributed by atoms with Crippen molar-refractivity contribution in [3.63, 3.8) is 0 Å². The molecule has 2 amide bonds. The number of benzene rings is 1. The monoisotopic (exact) mass is 416 g/mol. The second kappa shape index (κ2) is 8.14. The van der Waals surface area contributed by atoms with Crippen molar-refractivity contribution >= 4 is 23.4 Å². The lowest BCUT2D eigenvalue weighted by Gasteiger charge is -2.38. The molecule has 0 aliphatic carbocycles. The van der Waals surface area contributed by atoms with Gasteiger partial charge in [-0.25, -0.2) is 9.78 Å². The van der Waals surface area contributed by atoms with Gasteiger partial charge in [0.05, 0.1) is 31.6 Å². The van der Waals surface area contributed by atoms with Crippen LogP contribution in [0.15, 0.2) is 76.5 Å². The van der Waals surface area contributed by atoms with E-state index >= 15 is 0 Å². The maximum atomic E-state index is 12.8. The number of amides is 2. The highest BCUT2D eigenvalue weighted by Gasteiger charge is 2.47. The molecule has 2 aliphatic rings. The average Bonchev–Trinajstić information content (AvgIpc) is 3.48. The maximum absolute atomic E-state index is 12.8. The number of likely N-dealkylation sites (tertiary alicyclic amines) is 1. The summed E-state index contributed by atoms with van der Waals surface area (Å²) in [7, 11) is 0. The van der Waals surface area contributed by atoms with Gasteiger partial charge in [-0.15, -0.1) is 0 Å². The summed E-state index contributed by atoms with van der Waals surface area (Å²) in [6, 6.07) is 17.6. The molecule has 31 heavy (non-hydrogen) atoms. The van der Waals surface area contributed by atoms with Crippen LogP contribution in [0, 0.1) is 0 Å². The van der Waals surface area contributed by atoms with Gasteiger partial charge in [-0.05, 0) is 36.2 Å². The Morgan fingerprint density at radius 3 is 2.94 bits per heavy atom. The molecular formula is C23H24N6O2. The van der Waals surface area contributed by atoms with Crippen molar-refractivity contribution in [2.45, 2.75) is 25.0 Å². The minimum absolute atomic E-state index is 0.116. The Labute approximate surface area is 180 Å². The average molecular weight is 416 g/mol. The third kappa shape index (κ3) is 3.96. The number of aromatic nitrogens is 1. The lowest BCUT2D eigenvalue weighted by Crippen LogP contribution is -2.55. The van der Waals surface area contributed by atoms with Gasteiger partial charge < -0.3 is 25.3 Å². The van der Waals surface area contributed by atoms with Crippen molar-refractivity contribution in [1.82, 2.24) is 15.2 Å². The van der Waals surface area contributed by atoms with E-state index in [0.717, 1.165) is 35.1 Å². The molecule has 3 aromatic rings. The highest BCUT2D eigenvalue weighted by Crippen LogP contribution is 2.35. The molecule has 1 atom stereocenters. The summed E-state index contributed by atoms with van der Waals surface area (Å²) >= 11 is 0. The number of nitrogens with zero attached hydrogens (tertiary/aromatic N) is 3. The van der Waals surface area contributed by atoms with E-state index in [1.54, 1.807) is 12.5 Å². The van der Waals surface area contributed by atoms with Crippen LogP contribution in [0.25, 0.3) is 0 Å². The zero-order chi connectivity index (χ0) is 21.1. The van der Waals surface area contributed by atoms with E-state index in [-0.39, 0.29) is 6.03 Å². The summed E-state index contributed by atoms with van der Waals surface area (Å²) in [4.78, 5) is 23.9. The molecular weight excluding hydrogens is 392 g/mol. The van der Waals surface area contributed by atoms with E-state index in [2.05, 4.69) is 33.1 Å². The lowest BCUT2D eigenvalue weighted by molar-refractivity contribution is 0.206. The smallest absolute Gasteiger partial charge is 0.317 e. The van der Waals surface area contributed by atoms with E-state index in [9.17, 15) is 4.79 Å². The summed E-state index contributed by atoms with van der Waals surface area (Å²) in [6.45, 7) is 2.05. The molecule has 2 aromatic heterocycles. The third-order valence-electron chi connectivity index (χ3n) is 5.68. The van der Waals surface area contributed by atoms with Crippen molar-refractivity contribution in [1.29, 1.82) is 0 Å². The third-order valence-corrected chi connectivity index (χ3v) is 5.68. The number of furan rings is 1. The Bertz CT molecular complexity index is 1080. The Kier molecular flexibility index (Phi) is 5.03. The Hall–Kier alpha value is -3.81. The quantitative estimate of drug-likeness (QED) is 0.605. The normalized spacial score (nSPS) is 20.9. The first-order chi connectivity index (χ1) is 15.2. The van der Waals surface area contributed by atoms with Gasteiger partial charge in [0, 0.05) is 12.7 Å². The summed E-state index contributed by atoms with van der Waals surface area (Å²) < 4.78 is 5.30. The molecule has 1 spiro atoms. The van der Waals surface area contributed by atoms with E-state index in [4.69, 9.17) is 9.41 Å². The van der Waals surface area contributed by atoms with Crippen LogP contribution in [-0.2, 0) is 13.1 Å². The highest BCUT2D eigenvalue weighted by molar-refractivity contribution is 6.09. The molecule has 8 nitrogen and oxygen atoms in total. The fourth-order valence-corrected chi connectivity index (χ4v) is 4.07. The molecule has 1 saturated heterocycles. The number of aliphatic imine (C=N–C) groups is 1. The first-order valence-corrected chi connectivity index (χ1v) is 10.4. The van der Waals surface area contributed by atoms with Gasteiger partial charge in [-0.2, -0.15) is 0 Å². The van der Waals surface area contributed by atoms with Crippen molar-refractivity contribution in [2.24, 2.45) is 4.99 Å². The molecule has 4 heterocycles. The largest absolute Gasteiger partial charge is 0.467 e. The SMILES string of the molecule is O=C(NCc1ccco1)N1CCC2(C1)Nc1cccnc1NC2=NCc1ccccc1. The molecule has 1 unspecified atom stereocenters. The second-order valence-corrected chi connectivity index (χ2v) is 7.79. The Morgan fingerprint density at radius 1 is 1.19 bits per heavy atom. The predicted octanol–water partition coefficient (Wildman–Crippen LogP) is 3.47. The Balaban J connectivity index is 1.36. The molecule has 1 aromatic carbocycles. The predicted molar refractivity (Wildman–Crippen MR) is 119 cm³/mol. The van der Waals surface area contributed by atoms with Crippen LogP contribution in [0.2, 0.25) is 0 Å². The number of urea groups is 1. The molecule has 5 rings (SSSR count). The van der Waals surface area contributed by atoms with Crippen LogP contribution in [-0.4, -0.2) is 40.4 Å². The molecule has 2 aliphatic heterocycles. The van der Waals surface area contributed by atoms with Gasteiger partial charge in [0.25, 0.3) is 0 Å². The molecule has 3 N–H and O–H groups in total. The first kappa shape index (κ1) is 19.2. The number of pyridine rings is 1. The topological polar surface area (TPSA) is 94.8 Å². The van der Waals surface area contributed by atoms with E-state index in [1.807, 2.05) is 47.4 Å². The van der Waals surface area contributed by atoms with Gasteiger partial charge in [0.1, 0.15) is 17.1 Å². The molecule has 0 saturated carbocycles. The summed E-state index contributed by atoms with van der Waals surface area (Å²) in [5, 5.41) is 9.97. The highest BCUT2D eigenvalue weighted by atomic mass is 16.3. The van der Waals surface area contributed by atoms with Crippen molar-refractivity contribution in [2.75, 3.05) is 23.7 Å². The van der Waals surface area contributed by atoms with Crippen LogP contribution < -0.4 is 16.0 Å². The number of carbonyl (C=O) groups excluding carboxylic acids is 1. The van der Waals surface area contributed by atoms with Crippen molar-refractivity contribution in [3.8, 4) is 0 Å². The zero-order valence-corrected chi connectivity index (χ0v) is 17.0. The standard InChI is InChI=1S/C23H24N6O2/c30-22(26-15-18-8-5-13-31-18)29-12-10-23(16-29)21(25-14-17-6-2-1-3-7-17)27-20-19(28-23)9-4-11-24-20/h1-9,11,13,28H,10,12,14-16H2,(H,26,30)(H,24,25,27). The molecule has 0 radical (unpaired) electrons. The van der Waals surface area contributed by atoms with Gasteiger partial charge in [0.2, 0.25) is 0 Å². The minimum atomic E-state index is -0.479. The number of fused-ring (bicyclic) bond motifs is 1. The number of anilines is 2. The number of hydrogen-bond acceptors (Lipinski definition) is 5. The van der Waals surface area contributed by atoms with Crippen LogP contribution in [0.5, 0.6) is 0 Å². The maximum Gasteiger partial charge on any atom is 0.317 e. The van der Waals surface area contributed by atoms with Crippen LogP contribution in [0.3, 0.4) is 0 Å². The number of rotatable bonds is 4. The summed E-state index contributed by atoms with van der Waals surface area (Å²) in [5.74, 6) is 2.29. The van der Waals surface area contributed by atoms with Gasteiger partial charge in [0.15, 0.2) is 5.82 Å². The van der Waals surface area contributed by atoms with Crippen LogP contribution in [0.1, 0.15) is 17.7 Å². The number of hydrogen-bond donors (Lipinski definition) is 3. The van der Waals surface area contributed by atoms with Gasteiger partial charge in [-0.1, -0.05) is 30.3 Å². The molecule has 0 bridgehead atoms. The molecule has 8 heteroatoms. The summed E-state index contributed by atoms with van der Waals surface area (Å²) in [6.07, 6.45) is 4.10. The van der Waals surface area contributed by atoms with Crippen molar-refractivity contribution < 1.29 is 9.21 Å². The summed E-state index contributed by atoms with van der Waals surface area (Å²) in [5.41, 5.74) is 1.57. The Morgan fingerprint density at radius 2 is 2.10 bits per heavy atom. The first-order valence-electron chi connectivity index (χ1n) is 10.4. The van der Waals surface area contributed by atoms with E-state index < -0.39 is 5.54 Å². The molecule has 1 fully saturated rings. The number of nitrogens with one attached hydrogen (secondary N) is 3. The number of amidine groups is 1. The minimum Gasteiger partial charge on any atom is -0.467 e. The molecule has 158 valence electrons. The zero-order valence-electron chi connectivity index (χ0n) is 17.0. The van der Waals surface area contributed by atoms with E-state index in [0.29, 0.717) is 26.2 Å². The van der Waals surface area contributed by atoms with Crippen molar-refractivity contribution in [3.05, 3.63) is 78.4 Å². The van der Waals surface area contributed by atoms with Crippen LogP contribution in [0.4, 0.5) is 16.3 Å². The van der Waals surface area contributed by atoms with Gasteiger partial charge in [-0.3, -0.25) is 4.99 Å². The fourth-order valence-electron chi connectivity index (χ4n) is 4.07. The number of carbonyl (C=O) groups is 1. The second-order valence-electron chi connectivity index (χ2n) is 7.79. The van der Waals surface area contributed by atoms with Gasteiger partial charge >= 0.3 is 6.03 Å². The fraction of sp³-hybridized carbons (Fsp3) is 0.261. The lowest BCUT2D eigenvalue weighted by atomic mass is 9.93. The van der Waals surface area contributed by atoms with Crippen LogP contribution >= 0.6 is 0 Å². The van der Waals surface area contributed by atoms with E-state index in [1.165, 1.54) is 0 Å².